The first kappa shape index (κ1) is 12.2. The number of benzene rings is 2. The van der Waals surface area contributed by atoms with E-state index in [1.54, 1.807) is 30.3 Å². The van der Waals surface area contributed by atoms with Gasteiger partial charge in [0.05, 0.1) is 10.5 Å². The molecule has 0 aromatic heterocycles. The van der Waals surface area contributed by atoms with E-state index in [2.05, 4.69) is 15.9 Å². The Hall–Kier alpha value is -1.26. The van der Waals surface area contributed by atoms with E-state index in [-0.39, 0.29) is 11.6 Å². The highest BCUT2D eigenvalue weighted by Crippen LogP contribution is 2.26. The van der Waals surface area contributed by atoms with Crippen LogP contribution in [0.15, 0.2) is 46.9 Å². The molecule has 2 rings (SSSR count). The first-order valence-electron chi connectivity index (χ1n) is 5.04. The van der Waals surface area contributed by atoms with Crippen LogP contribution in [0, 0.1) is 11.6 Å². The van der Waals surface area contributed by atoms with E-state index in [4.69, 9.17) is 5.73 Å². The second-order valence-electron chi connectivity index (χ2n) is 3.67. The zero-order valence-corrected chi connectivity index (χ0v) is 10.4. The Kier molecular flexibility index (Phi) is 3.54. The van der Waals surface area contributed by atoms with Crippen molar-refractivity contribution < 1.29 is 8.78 Å². The third-order valence-corrected chi connectivity index (χ3v) is 3.16. The number of nitrogens with two attached hydrogens (primary N) is 1. The maximum absolute atomic E-state index is 13.8. The molecule has 2 N–H and O–H groups in total. The summed E-state index contributed by atoms with van der Waals surface area (Å²) in [5, 5.41) is 0. The van der Waals surface area contributed by atoms with E-state index in [1.807, 2.05) is 0 Å². The number of hydrogen-bond donors (Lipinski definition) is 1. The Morgan fingerprint density at radius 2 is 1.65 bits per heavy atom. The highest BCUT2D eigenvalue weighted by molar-refractivity contribution is 9.10. The molecule has 4 heteroatoms. The Morgan fingerprint density at radius 3 is 2.29 bits per heavy atom. The molecule has 0 amide bonds. The molecule has 0 aliphatic heterocycles. The van der Waals surface area contributed by atoms with Crippen molar-refractivity contribution in [2.75, 3.05) is 0 Å². The minimum Gasteiger partial charge on any atom is -0.320 e. The van der Waals surface area contributed by atoms with Crippen LogP contribution in [0.5, 0.6) is 0 Å². The molecule has 17 heavy (non-hydrogen) atoms. The fraction of sp³-hybridized carbons (Fsp3) is 0.0769. The van der Waals surface area contributed by atoms with E-state index in [0.717, 1.165) is 0 Å². The Labute approximate surface area is 106 Å². The lowest BCUT2D eigenvalue weighted by atomic mass is 9.99. The third-order valence-electron chi connectivity index (χ3n) is 2.55. The second-order valence-corrected chi connectivity index (χ2v) is 4.53. The minimum absolute atomic E-state index is 0.337. The normalized spacial score (nSPS) is 12.5. The predicted molar refractivity (Wildman–Crippen MR) is 66.5 cm³/mol. The fourth-order valence-corrected chi connectivity index (χ4v) is 1.99. The van der Waals surface area contributed by atoms with Crippen molar-refractivity contribution in [1.29, 1.82) is 0 Å². The van der Waals surface area contributed by atoms with Gasteiger partial charge in [-0.2, -0.15) is 0 Å². The van der Waals surface area contributed by atoms with Gasteiger partial charge in [0.15, 0.2) is 0 Å². The van der Waals surface area contributed by atoms with Gasteiger partial charge in [0.2, 0.25) is 0 Å². The molecule has 0 aliphatic rings. The van der Waals surface area contributed by atoms with Gasteiger partial charge in [0.25, 0.3) is 0 Å². The summed E-state index contributed by atoms with van der Waals surface area (Å²) in [7, 11) is 0. The van der Waals surface area contributed by atoms with Crippen molar-refractivity contribution in [3.05, 3.63) is 69.7 Å². The van der Waals surface area contributed by atoms with Crippen LogP contribution < -0.4 is 5.73 Å². The molecule has 0 fully saturated rings. The molecule has 88 valence electrons. The first-order valence-corrected chi connectivity index (χ1v) is 5.84. The summed E-state index contributed by atoms with van der Waals surface area (Å²) in [6.07, 6.45) is 0. The Bertz CT molecular complexity index is 525. The van der Waals surface area contributed by atoms with E-state index in [1.165, 1.54) is 12.1 Å². The molecule has 2 aromatic rings. The first-order chi connectivity index (χ1) is 8.09. The molecule has 0 saturated heterocycles. The molecule has 0 bridgehead atoms. The molecule has 0 spiro atoms. The van der Waals surface area contributed by atoms with Crippen LogP contribution in [0.3, 0.4) is 0 Å². The fourth-order valence-electron chi connectivity index (χ4n) is 1.61. The summed E-state index contributed by atoms with van der Waals surface area (Å²) >= 11 is 3.11. The maximum Gasteiger partial charge on any atom is 0.142 e. The molecule has 1 unspecified atom stereocenters. The summed E-state index contributed by atoms with van der Waals surface area (Å²) in [5.74, 6) is -0.722. The van der Waals surface area contributed by atoms with E-state index in [9.17, 15) is 8.78 Å². The van der Waals surface area contributed by atoms with Gasteiger partial charge in [-0.25, -0.2) is 8.78 Å². The maximum atomic E-state index is 13.8. The summed E-state index contributed by atoms with van der Waals surface area (Å²) < 4.78 is 27.0. The smallest absolute Gasteiger partial charge is 0.142 e. The minimum atomic E-state index is -0.604. The lowest BCUT2D eigenvalue weighted by Gasteiger charge is -2.14. The van der Waals surface area contributed by atoms with Crippen LogP contribution in [0.2, 0.25) is 0 Å². The van der Waals surface area contributed by atoms with Crippen molar-refractivity contribution in [2.24, 2.45) is 5.73 Å². The van der Waals surface area contributed by atoms with E-state index < -0.39 is 6.04 Å². The summed E-state index contributed by atoms with van der Waals surface area (Å²) in [6.45, 7) is 0. The van der Waals surface area contributed by atoms with E-state index >= 15 is 0 Å². The average Bonchev–Trinajstić information content (AvgIpc) is 2.33. The predicted octanol–water partition coefficient (Wildman–Crippen LogP) is 3.78. The highest BCUT2D eigenvalue weighted by Gasteiger charge is 2.15. The van der Waals surface area contributed by atoms with Gasteiger partial charge in [-0.15, -0.1) is 0 Å². The number of rotatable bonds is 2. The number of hydrogen-bond acceptors (Lipinski definition) is 1. The number of halogens is 3. The molecule has 2 aromatic carbocycles. The van der Waals surface area contributed by atoms with Crippen molar-refractivity contribution in [2.45, 2.75) is 6.04 Å². The molecule has 0 radical (unpaired) electrons. The summed E-state index contributed by atoms with van der Waals surface area (Å²) in [4.78, 5) is 0. The van der Waals surface area contributed by atoms with Crippen molar-refractivity contribution >= 4 is 15.9 Å². The van der Waals surface area contributed by atoms with Crippen molar-refractivity contribution in [1.82, 2.24) is 0 Å². The zero-order chi connectivity index (χ0) is 12.4. The van der Waals surface area contributed by atoms with Crippen LogP contribution in [-0.4, -0.2) is 0 Å². The van der Waals surface area contributed by atoms with Gasteiger partial charge in [0, 0.05) is 5.56 Å². The van der Waals surface area contributed by atoms with Crippen LogP contribution in [0.25, 0.3) is 0 Å². The largest absolute Gasteiger partial charge is 0.320 e. The zero-order valence-electron chi connectivity index (χ0n) is 8.83. The highest BCUT2D eigenvalue weighted by atomic mass is 79.9. The molecule has 1 atom stereocenters. The van der Waals surface area contributed by atoms with Gasteiger partial charge in [-0.05, 0) is 39.7 Å². The lowest BCUT2D eigenvalue weighted by molar-refractivity contribution is 0.592. The average molecular weight is 298 g/mol. The molecular formula is C13H10BrF2N. The lowest BCUT2D eigenvalue weighted by Crippen LogP contribution is -2.13. The monoisotopic (exact) mass is 297 g/mol. The van der Waals surface area contributed by atoms with Crippen LogP contribution in [0.4, 0.5) is 8.78 Å². The Balaban J connectivity index is 2.40. The van der Waals surface area contributed by atoms with Crippen molar-refractivity contribution in [3.8, 4) is 0 Å². The molecule has 0 saturated carbocycles. The third kappa shape index (κ3) is 2.53. The quantitative estimate of drug-likeness (QED) is 0.897. The van der Waals surface area contributed by atoms with Crippen LogP contribution in [0.1, 0.15) is 17.2 Å². The summed E-state index contributed by atoms with van der Waals surface area (Å²) in [6, 6.07) is 10.1. The SMILES string of the molecule is NC(c1ccc(F)cc1)c1cccc(Br)c1F. The topological polar surface area (TPSA) is 26.0 Å². The Morgan fingerprint density at radius 1 is 1.00 bits per heavy atom. The van der Waals surface area contributed by atoms with Gasteiger partial charge in [-0.3, -0.25) is 0 Å². The van der Waals surface area contributed by atoms with Crippen molar-refractivity contribution in [3.63, 3.8) is 0 Å². The van der Waals surface area contributed by atoms with Gasteiger partial charge >= 0.3 is 0 Å². The van der Waals surface area contributed by atoms with Gasteiger partial charge < -0.3 is 5.73 Å². The van der Waals surface area contributed by atoms with Crippen LogP contribution in [-0.2, 0) is 0 Å². The molecule has 1 nitrogen and oxygen atoms in total. The second kappa shape index (κ2) is 4.94. The van der Waals surface area contributed by atoms with E-state index in [0.29, 0.717) is 15.6 Å². The van der Waals surface area contributed by atoms with Crippen LogP contribution >= 0.6 is 15.9 Å². The van der Waals surface area contributed by atoms with Gasteiger partial charge in [0.1, 0.15) is 11.6 Å². The summed E-state index contributed by atoms with van der Waals surface area (Å²) in [5.41, 5.74) is 7.00. The molecule has 0 aliphatic carbocycles. The molecular weight excluding hydrogens is 288 g/mol. The van der Waals surface area contributed by atoms with Gasteiger partial charge in [-0.1, -0.05) is 24.3 Å². The molecule has 0 heterocycles. The standard InChI is InChI=1S/C13H10BrF2N/c14-11-3-1-2-10(12(11)16)13(17)8-4-6-9(15)7-5-8/h1-7,13H,17H2.